The molecule has 3 heterocycles. The summed E-state index contributed by atoms with van der Waals surface area (Å²) in [5.41, 5.74) is 0.738. The zero-order valence-corrected chi connectivity index (χ0v) is 28.0. The molecule has 0 aliphatic carbocycles. The monoisotopic (exact) mass is 693 g/mol. The molecule has 5 atom stereocenters. The van der Waals surface area contributed by atoms with Gasteiger partial charge in [0.15, 0.2) is 17.8 Å². The van der Waals surface area contributed by atoms with Gasteiger partial charge in [0.05, 0.1) is 49.8 Å². The fourth-order valence-corrected chi connectivity index (χ4v) is 7.36. The molecule has 0 aromatic heterocycles. The molecule has 0 radical (unpaired) electrons. The van der Waals surface area contributed by atoms with Gasteiger partial charge >= 0.3 is 12.2 Å². The summed E-state index contributed by atoms with van der Waals surface area (Å²) in [6.07, 6.45) is -2.72. The van der Waals surface area contributed by atoms with E-state index in [4.69, 9.17) is 28.4 Å². The maximum absolute atomic E-state index is 13.9. The summed E-state index contributed by atoms with van der Waals surface area (Å²) in [7, 11) is -2.81. The summed E-state index contributed by atoms with van der Waals surface area (Å²) in [5, 5.41) is 16.9. The van der Waals surface area contributed by atoms with Crippen LogP contribution in [-0.4, -0.2) is 108 Å². The minimum absolute atomic E-state index is 0.00216. The van der Waals surface area contributed by atoms with Gasteiger partial charge in [-0.1, -0.05) is 26.0 Å². The molecule has 2 saturated heterocycles. The predicted molar refractivity (Wildman–Crippen MR) is 169 cm³/mol. The lowest BCUT2D eigenvalue weighted by Crippen LogP contribution is -2.51. The van der Waals surface area contributed by atoms with Gasteiger partial charge in [-0.15, -0.1) is 0 Å². The van der Waals surface area contributed by atoms with Crippen LogP contribution in [0.3, 0.4) is 0 Å². The van der Waals surface area contributed by atoms with Gasteiger partial charge in [-0.2, -0.15) is 4.31 Å². The third-order valence-corrected chi connectivity index (χ3v) is 9.98. The Bertz CT molecular complexity index is 1510. The second kappa shape index (κ2) is 16.0. The minimum atomic E-state index is -4.09. The minimum Gasteiger partial charge on any atom is -0.492 e. The van der Waals surface area contributed by atoms with Gasteiger partial charge in [-0.3, -0.25) is 0 Å². The van der Waals surface area contributed by atoms with E-state index in [2.05, 4.69) is 15.4 Å². The van der Waals surface area contributed by atoms with E-state index in [-0.39, 0.29) is 62.8 Å². The highest BCUT2D eigenvalue weighted by molar-refractivity contribution is 7.89. The number of ether oxygens (including phenoxy) is 7. The number of hydrogen-bond acceptors (Lipinski definition) is 12. The van der Waals surface area contributed by atoms with Gasteiger partial charge < -0.3 is 48.9 Å². The van der Waals surface area contributed by atoms with Gasteiger partial charge in [0.1, 0.15) is 18.5 Å². The molecule has 3 aliphatic rings. The fourth-order valence-electron chi connectivity index (χ4n) is 5.72. The molecule has 2 amide bonds. The number of alkyl carbamates (subject to hydrolysis) is 2. The summed E-state index contributed by atoms with van der Waals surface area (Å²) in [6.45, 7) is 4.73. The number of benzene rings is 2. The molecule has 2 aromatic rings. The van der Waals surface area contributed by atoms with E-state index < -0.39 is 46.7 Å². The lowest BCUT2D eigenvalue weighted by molar-refractivity contribution is -0.0907. The highest BCUT2D eigenvalue weighted by Gasteiger charge is 2.44. The molecule has 2 fully saturated rings. The number of carbonyl (C=O) groups excluding carboxylic acids is 2. The van der Waals surface area contributed by atoms with Crippen molar-refractivity contribution in [1.29, 1.82) is 0 Å². The number of nitrogens with zero attached hydrogens (tertiary/aromatic N) is 1. The Morgan fingerprint density at radius 3 is 2.56 bits per heavy atom. The Balaban J connectivity index is 1.30. The van der Waals surface area contributed by atoms with Gasteiger partial charge in [-0.05, 0) is 48.6 Å². The van der Waals surface area contributed by atoms with Crippen LogP contribution in [0, 0.1) is 11.8 Å². The van der Waals surface area contributed by atoms with Crippen LogP contribution in [0.4, 0.5) is 9.59 Å². The Hall–Kier alpha value is -3.83. The summed E-state index contributed by atoms with van der Waals surface area (Å²) in [6, 6.07) is 10.4. The van der Waals surface area contributed by atoms with E-state index in [1.54, 1.807) is 24.3 Å². The molecule has 16 heteroatoms. The molecule has 3 N–H and O–H groups in total. The second-order valence-electron chi connectivity index (χ2n) is 12.1. The first-order chi connectivity index (χ1) is 23.0. The van der Waals surface area contributed by atoms with Gasteiger partial charge in [-0.25, -0.2) is 18.0 Å². The normalized spacial score (nSPS) is 21.1. The molecular weight excluding hydrogens is 650 g/mol. The van der Waals surface area contributed by atoms with E-state index in [0.29, 0.717) is 30.3 Å². The fraction of sp³-hybridized carbons (Fsp3) is 0.562. The Morgan fingerprint density at radius 2 is 1.81 bits per heavy atom. The van der Waals surface area contributed by atoms with Gasteiger partial charge in [0.25, 0.3) is 0 Å². The van der Waals surface area contributed by atoms with Gasteiger partial charge in [0.2, 0.25) is 16.8 Å². The SMILES string of the molecule is COC(=O)NCCOc1ccc(C[C@H](NC(=O)O[C@H]2CO[C@H]3OCC[C@H]32)[C@H](O)CN(CC(C)C)S(=O)(=O)c2ccc3c(c2)OCO3)cc1. The summed E-state index contributed by atoms with van der Waals surface area (Å²) >= 11 is 0. The summed E-state index contributed by atoms with van der Waals surface area (Å²) < 4.78 is 66.7. The second-order valence-corrected chi connectivity index (χ2v) is 14.1. The van der Waals surface area contributed by atoms with Crippen LogP contribution in [0.25, 0.3) is 0 Å². The van der Waals surface area contributed by atoms with Crippen LogP contribution in [0.1, 0.15) is 25.8 Å². The quantitative estimate of drug-likeness (QED) is 0.232. The number of carbonyl (C=O) groups is 2. The number of aliphatic hydroxyl groups is 1. The van der Waals surface area contributed by atoms with E-state index in [9.17, 15) is 23.1 Å². The van der Waals surface area contributed by atoms with Crippen molar-refractivity contribution in [2.24, 2.45) is 11.8 Å². The first-order valence-corrected chi connectivity index (χ1v) is 17.3. The van der Waals surface area contributed by atoms with Gasteiger partial charge in [0, 0.05) is 19.2 Å². The van der Waals surface area contributed by atoms with Crippen molar-refractivity contribution in [1.82, 2.24) is 14.9 Å². The Kier molecular flexibility index (Phi) is 11.9. The summed E-state index contributed by atoms with van der Waals surface area (Å²) in [5.74, 6) is 1.16. The standard InChI is InChI=1S/C32H43N3O12S/c1-20(2)16-35(48(39,40)23-8-9-27-28(15-23)46-19-45-27)17-26(36)25(34-32(38)47-29-18-44-30-24(29)10-12-43-30)14-21-4-6-22(7-5-21)42-13-11-33-31(37)41-3/h4-9,15,20,24-26,29-30,36H,10-14,16-19H2,1-3H3,(H,33,37)(H,34,38)/t24-,25-,26+,29-,30+/m0/s1. The maximum atomic E-state index is 13.9. The number of aliphatic hydroxyl groups excluding tert-OH is 1. The average Bonchev–Trinajstić information content (AvgIpc) is 3.81. The number of hydrogen-bond donors (Lipinski definition) is 3. The number of nitrogens with one attached hydrogen (secondary N) is 2. The van der Waals surface area contributed by atoms with Crippen molar-refractivity contribution < 1.29 is 56.3 Å². The van der Waals surface area contributed by atoms with Crippen molar-refractivity contribution in [3.05, 3.63) is 48.0 Å². The van der Waals surface area contributed by atoms with E-state index >= 15 is 0 Å². The third-order valence-electron chi connectivity index (χ3n) is 8.16. The number of fused-ring (bicyclic) bond motifs is 2. The number of methoxy groups -OCH3 is 1. The Labute approximate surface area is 279 Å². The molecule has 15 nitrogen and oxygen atoms in total. The van der Waals surface area contributed by atoms with Crippen molar-refractivity contribution in [2.75, 3.05) is 53.4 Å². The van der Waals surface area contributed by atoms with Crippen LogP contribution in [0.5, 0.6) is 17.2 Å². The van der Waals surface area contributed by atoms with Crippen molar-refractivity contribution in [2.45, 2.75) is 56.1 Å². The van der Waals surface area contributed by atoms with Crippen LogP contribution in [0.2, 0.25) is 0 Å². The highest BCUT2D eigenvalue weighted by atomic mass is 32.2. The zero-order valence-electron chi connectivity index (χ0n) is 27.2. The van der Waals surface area contributed by atoms with E-state index in [1.807, 2.05) is 13.8 Å². The topological polar surface area (TPSA) is 180 Å². The van der Waals surface area contributed by atoms with Crippen LogP contribution in [-0.2, 0) is 35.4 Å². The number of amides is 2. The molecule has 264 valence electrons. The highest BCUT2D eigenvalue weighted by Crippen LogP contribution is 2.35. The van der Waals surface area contributed by atoms with Crippen LogP contribution in [0.15, 0.2) is 47.4 Å². The molecule has 0 saturated carbocycles. The van der Waals surface area contributed by atoms with E-state index in [1.165, 1.54) is 29.6 Å². The zero-order chi connectivity index (χ0) is 34.3. The largest absolute Gasteiger partial charge is 0.492 e. The molecule has 3 aliphatic heterocycles. The van der Waals surface area contributed by atoms with E-state index in [0.717, 1.165) is 5.56 Å². The predicted octanol–water partition coefficient (Wildman–Crippen LogP) is 2.26. The maximum Gasteiger partial charge on any atom is 0.407 e. The van der Waals surface area contributed by atoms with Crippen LogP contribution < -0.4 is 24.8 Å². The molecule has 0 bridgehead atoms. The molecule has 5 rings (SSSR count). The van der Waals surface area contributed by atoms with Crippen LogP contribution >= 0.6 is 0 Å². The summed E-state index contributed by atoms with van der Waals surface area (Å²) in [4.78, 5) is 24.4. The number of rotatable bonds is 15. The molecular formula is C32H43N3O12S. The molecule has 2 aromatic carbocycles. The molecule has 48 heavy (non-hydrogen) atoms. The Morgan fingerprint density at radius 1 is 1.04 bits per heavy atom. The van der Waals surface area contributed by atoms with Crippen molar-refractivity contribution >= 4 is 22.2 Å². The first-order valence-electron chi connectivity index (χ1n) is 15.8. The molecule has 0 spiro atoms. The smallest absolute Gasteiger partial charge is 0.407 e. The first kappa shape index (κ1) is 35.5. The average molecular weight is 694 g/mol. The molecule has 0 unspecified atom stereocenters. The third kappa shape index (κ3) is 8.99. The lowest BCUT2D eigenvalue weighted by atomic mass is 10.0. The van der Waals surface area contributed by atoms with Crippen molar-refractivity contribution in [3.63, 3.8) is 0 Å². The lowest BCUT2D eigenvalue weighted by Gasteiger charge is -2.31. The number of sulfonamides is 1. The van der Waals surface area contributed by atoms with Crippen molar-refractivity contribution in [3.8, 4) is 17.2 Å².